The Bertz CT molecular complexity index is 488. The number of benzene rings is 1. The van der Waals surface area contributed by atoms with Crippen LogP contribution in [-0.4, -0.2) is 30.1 Å². The molecule has 6 heteroatoms. The van der Waals surface area contributed by atoms with Gasteiger partial charge in [0.15, 0.2) is 0 Å². The molecule has 0 aliphatic heterocycles. The predicted octanol–water partition coefficient (Wildman–Crippen LogP) is 2.32. The van der Waals surface area contributed by atoms with Crippen molar-refractivity contribution in [2.45, 2.75) is 32.7 Å². The third-order valence-corrected chi connectivity index (χ3v) is 2.71. The number of carbonyl (C=O) groups excluding carboxylic acids is 1. The van der Waals surface area contributed by atoms with Crippen molar-refractivity contribution >= 4 is 23.3 Å². The van der Waals surface area contributed by atoms with E-state index in [1.807, 2.05) is 6.92 Å². The lowest BCUT2D eigenvalue weighted by Gasteiger charge is -2.18. The minimum Gasteiger partial charge on any atom is -0.495 e. The Morgan fingerprint density at radius 2 is 2.10 bits per heavy atom. The Labute approximate surface area is 118 Å². The van der Waals surface area contributed by atoms with E-state index in [1.165, 1.54) is 6.92 Å². The van der Waals surface area contributed by atoms with E-state index in [9.17, 15) is 9.59 Å². The number of nitrogens with one attached hydrogen (secondary N) is 2. The summed E-state index contributed by atoms with van der Waals surface area (Å²) in [6.07, 6.45) is 0.602. The van der Waals surface area contributed by atoms with Crippen LogP contribution in [0.3, 0.4) is 0 Å². The fourth-order valence-corrected chi connectivity index (χ4v) is 1.78. The van der Waals surface area contributed by atoms with Gasteiger partial charge in [-0.3, -0.25) is 9.59 Å². The molecule has 3 N–H and O–H groups in total. The maximum atomic E-state index is 11.1. The van der Waals surface area contributed by atoms with E-state index in [-0.39, 0.29) is 18.4 Å². The van der Waals surface area contributed by atoms with Gasteiger partial charge < -0.3 is 20.5 Å². The normalized spacial score (nSPS) is 11.6. The van der Waals surface area contributed by atoms with E-state index in [4.69, 9.17) is 9.84 Å². The van der Waals surface area contributed by atoms with Gasteiger partial charge in [0.1, 0.15) is 5.75 Å². The highest BCUT2D eigenvalue weighted by Gasteiger charge is 2.10. The van der Waals surface area contributed by atoms with Gasteiger partial charge in [-0.25, -0.2) is 0 Å². The molecule has 0 heterocycles. The highest BCUT2D eigenvalue weighted by Crippen LogP contribution is 2.28. The monoisotopic (exact) mass is 280 g/mol. The molecule has 1 atom stereocenters. The molecule has 1 unspecified atom stereocenters. The highest BCUT2D eigenvalue weighted by molar-refractivity contribution is 5.89. The zero-order valence-electron chi connectivity index (χ0n) is 11.9. The van der Waals surface area contributed by atoms with Crippen LogP contribution in [0.15, 0.2) is 18.2 Å². The molecule has 0 radical (unpaired) electrons. The Morgan fingerprint density at radius 3 is 2.65 bits per heavy atom. The van der Waals surface area contributed by atoms with E-state index in [1.54, 1.807) is 25.3 Å². The van der Waals surface area contributed by atoms with Crippen molar-refractivity contribution in [3.05, 3.63) is 18.2 Å². The van der Waals surface area contributed by atoms with Crippen molar-refractivity contribution < 1.29 is 19.4 Å². The van der Waals surface area contributed by atoms with Gasteiger partial charge in [-0.05, 0) is 31.5 Å². The van der Waals surface area contributed by atoms with Gasteiger partial charge in [-0.15, -0.1) is 0 Å². The van der Waals surface area contributed by atoms with E-state index in [0.29, 0.717) is 17.9 Å². The van der Waals surface area contributed by atoms with Gasteiger partial charge in [0, 0.05) is 25.1 Å². The predicted molar refractivity (Wildman–Crippen MR) is 77.3 cm³/mol. The number of carbonyl (C=O) groups is 2. The van der Waals surface area contributed by atoms with Crippen LogP contribution in [0.1, 0.15) is 26.7 Å². The SMILES string of the molecule is COc1ccc(NC(C)=O)cc1NC(C)CCC(=O)O. The Balaban J connectivity index is 2.79. The number of anilines is 2. The van der Waals surface area contributed by atoms with Crippen molar-refractivity contribution in [1.29, 1.82) is 0 Å². The summed E-state index contributed by atoms with van der Waals surface area (Å²) in [5, 5.41) is 14.6. The second-order valence-corrected chi connectivity index (χ2v) is 4.57. The van der Waals surface area contributed by atoms with E-state index >= 15 is 0 Å². The number of ether oxygens (including phenoxy) is 1. The molecule has 1 rings (SSSR count). The van der Waals surface area contributed by atoms with Crippen LogP contribution in [0.25, 0.3) is 0 Å². The first-order valence-electron chi connectivity index (χ1n) is 6.36. The lowest BCUT2D eigenvalue weighted by Crippen LogP contribution is -2.17. The molecule has 1 aromatic carbocycles. The zero-order valence-corrected chi connectivity index (χ0v) is 11.9. The second kappa shape index (κ2) is 7.37. The summed E-state index contributed by atoms with van der Waals surface area (Å²) in [6, 6.07) is 5.23. The molecule has 0 aliphatic carbocycles. The van der Waals surface area contributed by atoms with Crippen molar-refractivity contribution in [3.63, 3.8) is 0 Å². The first kappa shape index (κ1) is 15.8. The summed E-state index contributed by atoms with van der Waals surface area (Å²) in [7, 11) is 1.56. The summed E-state index contributed by atoms with van der Waals surface area (Å²) >= 11 is 0. The van der Waals surface area contributed by atoms with Gasteiger partial charge in [0.25, 0.3) is 0 Å². The van der Waals surface area contributed by atoms with Gasteiger partial charge >= 0.3 is 5.97 Å². The van der Waals surface area contributed by atoms with Crippen molar-refractivity contribution in [1.82, 2.24) is 0 Å². The zero-order chi connectivity index (χ0) is 15.1. The molecule has 0 saturated carbocycles. The number of hydrogen-bond donors (Lipinski definition) is 3. The highest BCUT2D eigenvalue weighted by atomic mass is 16.5. The molecule has 0 aromatic heterocycles. The number of amides is 1. The summed E-state index contributed by atoms with van der Waals surface area (Å²) in [4.78, 5) is 21.6. The third kappa shape index (κ3) is 5.17. The molecule has 0 saturated heterocycles. The van der Waals surface area contributed by atoms with Crippen LogP contribution < -0.4 is 15.4 Å². The minimum atomic E-state index is -0.822. The Hall–Kier alpha value is -2.24. The number of aliphatic carboxylic acids is 1. The number of methoxy groups -OCH3 is 1. The standard InChI is InChI=1S/C14H20N2O4/c1-9(4-7-14(18)19)15-12-8-11(16-10(2)17)5-6-13(12)20-3/h5-6,8-9,15H,4,7H2,1-3H3,(H,16,17)(H,18,19). The quantitative estimate of drug-likeness (QED) is 0.713. The molecule has 0 fully saturated rings. The molecular formula is C14H20N2O4. The molecule has 20 heavy (non-hydrogen) atoms. The van der Waals surface area contributed by atoms with Crippen LogP contribution in [-0.2, 0) is 9.59 Å². The lowest BCUT2D eigenvalue weighted by molar-refractivity contribution is -0.137. The average molecular weight is 280 g/mol. The Morgan fingerprint density at radius 1 is 1.40 bits per heavy atom. The van der Waals surface area contributed by atoms with Crippen molar-refractivity contribution in [2.24, 2.45) is 0 Å². The first-order chi connectivity index (χ1) is 9.42. The second-order valence-electron chi connectivity index (χ2n) is 4.57. The smallest absolute Gasteiger partial charge is 0.303 e. The number of carboxylic acids is 1. The largest absolute Gasteiger partial charge is 0.495 e. The average Bonchev–Trinajstić information content (AvgIpc) is 2.36. The fourth-order valence-electron chi connectivity index (χ4n) is 1.78. The van der Waals surface area contributed by atoms with E-state index < -0.39 is 5.97 Å². The maximum absolute atomic E-state index is 11.1. The van der Waals surface area contributed by atoms with Crippen LogP contribution in [0.4, 0.5) is 11.4 Å². The van der Waals surface area contributed by atoms with Crippen LogP contribution in [0.5, 0.6) is 5.75 Å². The molecule has 110 valence electrons. The van der Waals surface area contributed by atoms with E-state index in [2.05, 4.69) is 10.6 Å². The van der Waals surface area contributed by atoms with Gasteiger partial charge in [0.2, 0.25) is 5.91 Å². The molecule has 6 nitrogen and oxygen atoms in total. The van der Waals surface area contributed by atoms with Gasteiger partial charge in [0.05, 0.1) is 12.8 Å². The van der Waals surface area contributed by atoms with Crippen molar-refractivity contribution in [3.8, 4) is 5.75 Å². The minimum absolute atomic E-state index is 0.0208. The molecule has 0 aliphatic rings. The summed E-state index contributed by atoms with van der Waals surface area (Å²) in [5.41, 5.74) is 1.38. The summed E-state index contributed by atoms with van der Waals surface area (Å²) < 4.78 is 5.24. The van der Waals surface area contributed by atoms with E-state index in [0.717, 1.165) is 5.69 Å². The van der Waals surface area contributed by atoms with Crippen LogP contribution in [0.2, 0.25) is 0 Å². The number of hydrogen-bond acceptors (Lipinski definition) is 4. The van der Waals surface area contributed by atoms with Crippen LogP contribution in [0, 0.1) is 0 Å². The van der Waals surface area contributed by atoms with Gasteiger partial charge in [-0.1, -0.05) is 0 Å². The fraction of sp³-hybridized carbons (Fsp3) is 0.429. The molecule has 1 amide bonds. The number of rotatable bonds is 7. The van der Waals surface area contributed by atoms with Gasteiger partial charge in [-0.2, -0.15) is 0 Å². The molecule has 1 aromatic rings. The van der Waals surface area contributed by atoms with Crippen molar-refractivity contribution in [2.75, 3.05) is 17.7 Å². The maximum Gasteiger partial charge on any atom is 0.303 e. The molecule has 0 spiro atoms. The summed E-state index contributed by atoms with van der Waals surface area (Å²) in [6.45, 7) is 3.33. The Kier molecular flexibility index (Phi) is 5.83. The third-order valence-electron chi connectivity index (χ3n) is 2.71. The van der Waals surface area contributed by atoms with Crippen LogP contribution >= 0.6 is 0 Å². The summed E-state index contributed by atoms with van der Waals surface area (Å²) in [5.74, 6) is -0.334. The first-order valence-corrected chi connectivity index (χ1v) is 6.36. The topological polar surface area (TPSA) is 87.7 Å². The molecular weight excluding hydrogens is 260 g/mol. The lowest BCUT2D eigenvalue weighted by atomic mass is 10.1. The molecule has 0 bridgehead atoms. The number of carboxylic acid groups (broad SMARTS) is 1.